The molecule has 218 valence electrons. The molecule has 0 fully saturated rings. The van der Waals surface area contributed by atoms with Crippen molar-refractivity contribution in [1.29, 1.82) is 0 Å². The predicted molar refractivity (Wildman–Crippen MR) is 146 cm³/mol. The van der Waals surface area contributed by atoms with Crippen LogP contribution in [0.2, 0.25) is 0 Å². The highest BCUT2D eigenvalue weighted by molar-refractivity contribution is 5.45. The second kappa shape index (κ2) is 14.6. The molecule has 0 heterocycles. The van der Waals surface area contributed by atoms with Gasteiger partial charge in [-0.25, -0.2) is 0 Å². The molecule has 0 spiro atoms. The Labute approximate surface area is 234 Å². The second-order valence-electron chi connectivity index (χ2n) is 8.35. The third kappa shape index (κ3) is 9.62. The van der Waals surface area contributed by atoms with Crippen LogP contribution in [-0.2, 0) is 0 Å². The molecule has 0 aliphatic heterocycles. The van der Waals surface area contributed by atoms with Crippen LogP contribution in [0.15, 0.2) is 72.8 Å². The van der Waals surface area contributed by atoms with Crippen LogP contribution in [0.25, 0.3) is 0 Å². The van der Waals surface area contributed by atoms with Crippen molar-refractivity contribution in [3.05, 3.63) is 72.8 Å². The summed E-state index contributed by atoms with van der Waals surface area (Å²) in [5, 5.41) is 73.8. The number of rotatable bonds is 11. The highest BCUT2D eigenvalue weighted by atomic mass is 16.5. The normalized spacial score (nSPS) is 10.2. The van der Waals surface area contributed by atoms with E-state index in [-0.39, 0.29) is 59.2 Å². The van der Waals surface area contributed by atoms with Crippen LogP contribution in [-0.4, -0.2) is 67.3 Å². The Morgan fingerprint density at radius 2 is 0.561 bits per heavy atom. The van der Waals surface area contributed by atoms with Crippen LogP contribution >= 0.6 is 0 Å². The lowest BCUT2D eigenvalue weighted by atomic mass is 10.3. The molecule has 0 amide bonds. The summed E-state index contributed by atoms with van der Waals surface area (Å²) < 4.78 is 21.4. The van der Waals surface area contributed by atoms with Crippen LogP contribution < -0.4 is 18.9 Å². The van der Waals surface area contributed by atoms with E-state index in [1.165, 1.54) is 60.7 Å². The molecular formula is C29H30O12. The molecule has 0 radical (unpaired) electrons. The monoisotopic (exact) mass is 570 g/mol. The maximum absolute atomic E-state index is 9.30. The molecule has 0 unspecified atom stereocenters. The number of benzene rings is 4. The first-order chi connectivity index (χ1) is 19.6. The van der Waals surface area contributed by atoms with Gasteiger partial charge in [-0.1, -0.05) is 0 Å². The van der Waals surface area contributed by atoms with Gasteiger partial charge in [0.25, 0.3) is 0 Å². The SMILES string of the molecule is Oc1ccc(OCCCOc2ccc(O)c(O)c2)cc1O.Oc1ccc(OCCOc2ccc(O)c(O)c2)cc1O. The molecule has 0 aliphatic carbocycles. The maximum atomic E-state index is 9.30. The second-order valence-corrected chi connectivity index (χ2v) is 8.35. The van der Waals surface area contributed by atoms with Crippen LogP contribution in [0.4, 0.5) is 0 Å². The van der Waals surface area contributed by atoms with Crippen LogP contribution in [0.1, 0.15) is 6.42 Å². The Kier molecular flexibility index (Phi) is 10.7. The van der Waals surface area contributed by atoms with Crippen LogP contribution in [0.3, 0.4) is 0 Å². The molecule has 0 aromatic heterocycles. The molecule has 4 aromatic carbocycles. The molecule has 0 atom stereocenters. The Morgan fingerprint density at radius 1 is 0.317 bits per heavy atom. The van der Waals surface area contributed by atoms with Crippen molar-refractivity contribution in [2.45, 2.75) is 6.42 Å². The quantitative estimate of drug-likeness (QED) is 0.0939. The van der Waals surface area contributed by atoms with Crippen molar-refractivity contribution in [3.8, 4) is 69.0 Å². The molecule has 8 N–H and O–H groups in total. The van der Waals surface area contributed by atoms with Gasteiger partial charge >= 0.3 is 0 Å². The van der Waals surface area contributed by atoms with E-state index >= 15 is 0 Å². The highest BCUT2D eigenvalue weighted by Crippen LogP contribution is 2.31. The van der Waals surface area contributed by atoms with Gasteiger partial charge in [-0.15, -0.1) is 0 Å². The van der Waals surface area contributed by atoms with Crippen molar-refractivity contribution < 1.29 is 59.8 Å². The first-order valence-electron chi connectivity index (χ1n) is 12.2. The van der Waals surface area contributed by atoms with Crippen molar-refractivity contribution in [3.63, 3.8) is 0 Å². The molecular weight excluding hydrogens is 540 g/mol. The van der Waals surface area contributed by atoms with Gasteiger partial charge < -0.3 is 59.8 Å². The third-order valence-corrected chi connectivity index (χ3v) is 5.23. The Hall–Kier alpha value is -5.52. The van der Waals surface area contributed by atoms with Gasteiger partial charge in [0.05, 0.1) is 13.2 Å². The van der Waals surface area contributed by atoms with Gasteiger partial charge in [0.2, 0.25) is 0 Å². The molecule has 0 saturated heterocycles. The molecule has 12 nitrogen and oxygen atoms in total. The molecule has 0 bridgehead atoms. The highest BCUT2D eigenvalue weighted by Gasteiger charge is 2.05. The molecule has 0 aliphatic rings. The lowest BCUT2D eigenvalue weighted by molar-refractivity contribution is 0.215. The van der Waals surface area contributed by atoms with Gasteiger partial charge in [-0.2, -0.15) is 0 Å². The predicted octanol–water partition coefficient (Wildman–Crippen LogP) is 4.32. The first-order valence-corrected chi connectivity index (χ1v) is 12.2. The summed E-state index contributed by atoms with van der Waals surface area (Å²) in [5.41, 5.74) is 0. The summed E-state index contributed by atoms with van der Waals surface area (Å²) in [5.74, 6) is -0.0996. The van der Waals surface area contributed by atoms with E-state index in [4.69, 9.17) is 39.4 Å². The zero-order valence-electron chi connectivity index (χ0n) is 21.7. The van der Waals surface area contributed by atoms with Gasteiger partial charge in [0, 0.05) is 30.7 Å². The maximum Gasteiger partial charge on any atom is 0.161 e. The minimum absolute atomic E-state index is 0.196. The Balaban J connectivity index is 0.000000226. The third-order valence-electron chi connectivity index (χ3n) is 5.23. The summed E-state index contributed by atoms with van der Waals surface area (Å²) >= 11 is 0. The molecule has 4 aromatic rings. The fraction of sp³-hybridized carbons (Fsp3) is 0.172. The minimum atomic E-state index is -0.258. The minimum Gasteiger partial charge on any atom is -0.504 e. The van der Waals surface area contributed by atoms with Crippen molar-refractivity contribution in [2.24, 2.45) is 0 Å². The van der Waals surface area contributed by atoms with E-state index in [9.17, 15) is 20.4 Å². The fourth-order valence-electron chi connectivity index (χ4n) is 3.13. The summed E-state index contributed by atoms with van der Waals surface area (Å²) in [7, 11) is 0. The van der Waals surface area contributed by atoms with E-state index in [1.54, 1.807) is 12.1 Å². The van der Waals surface area contributed by atoms with Crippen molar-refractivity contribution in [1.82, 2.24) is 0 Å². The average molecular weight is 571 g/mol. The van der Waals surface area contributed by atoms with Crippen LogP contribution in [0, 0.1) is 0 Å². The number of hydrogen-bond acceptors (Lipinski definition) is 12. The fourth-order valence-corrected chi connectivity index (χ4v) is 3.13. The van der Waals surface area contributed by atoms with E-state index in [0.717, 1.165) is 0 Å². The standard InChI is InChI=1S/C15H16O6.C14H14O6/c16-12-4-2-10(8-14(12)18)20-6-1-7-21-11-3-5-13(17)15(19)9-11;15-11-3-1-9(7-13(11)17)19-5-6-20-10-2-4-12(16)14(18)8-10/h2-5,8-9,16-19H,1,6-7H2;1-4,7-8,15-18H,5-6H2. The van der Waals surface area contributed by atoms with Gasteiger partial charge in [-0.3, -0.25) is 0 Å². The largest absolute Gasteiger partial charge is 0.504 e. The van der Waals surface area contributed by atoms with Gasteiger partial charge in [0.1, 0.15) is 36.2 Å². The lowest BCUT2D eigenvalue weighted by Gasteiger charge is -2.09. The van der Waals surface area contributed by atoms with E-state index < -0.39 is 0 Å². The summed E-state index contributed by atoms with van der Waals surface area (Å²) in [6.45, 7) is 1.17. The van der Waals surface area contributed by atoms with Crippen molar-refractivity contribution >= 4 is 0 Å². The zero-order valence-corrected chi connectivity index (χ0v) is 21.7. The number of phenols is 8. The molecule has 4 rings (SSSR count). The topological polar surface area (TPSA) is 199 Å². The number of hydrogen-bond donors (Lipinski definition) is 8. The van der Waals surface area contributed by atoms with E-state index in [2.05, 4.69) is 0 Å². The number of aromatic hydroxyl groups is 8. The smallest absolute Gasteiger partial charge is 0.161 e. The summed E-state index contributed by atoms with van der Waals surface area (Å²) in [4.78, 5) is 0. The Bertz CT molecular complexity index is 1320. The van der Waals surface area contributed by atoms with E-state index in [1.807, 2.05) is 0 Å². The Morgan fingerprint density at radius 3 is 0.805 bits per heavy atom. The van der Waals surface area contributed by atoms with Crippen LogP contribution in [0.5, 0.6) is 69.0 Å². The van der Waals surface area contributed by atoms with Crippen molar-refractivity contribution in [2.75, 3.05) is 26.4 Å². The first kappa shape index (κ1) is 30.0. The molecule has 12 heteroatoms. The summed E-state index contributed by atoms with van der Waals surface area (Å²) in [6.07, 6.45) is 0.587. The summed E-state index contributed by atoms with van der Waals surface area (Å²) in [6, 6.07) is 16.7. The van der Waals surface area contributed by atoms with Gasteiger partial charge in [0.15, 0.2) is 46.0 Å². The molecule has 41 heavy (non-hydrogen) atoms. The number of phenolic OH excluding ortho intramolecular Hbond substituents is 8. The number of ether oxygens (including phenoxy) is 4. The van der Waals surface area contributed by atoms with E-state index in [0.29, 0.717) is 42.6 Å². The van der Waals surface area contributed by atoms with Gasteiger partial charge in [-0.05, 0) is 48.5 Å². The lowest BCUT2D eigenvalue weighted by Crippen LogP contribution is -2.08. The zero-order chi connectivity index (χ0) is 29.8. The average Bonchev–Trinajstić information content (AvgIpc) is 2.94. The molecule has 0 saturated carbocycles.